The van der Waals surface area contributed by atoms with Gasteiger partial charge in [0.25, 0.3) is 15.7 Å². The Morgan fingerprint density at radius 2 is 1.95 bits per heavy atom. The molecule has 0 fully saturated rings. The van der Waals surface area contributed by atoms with Gasteiger partial charge in [0.1, 0.15) is 0 Å². The number of nitro benzene ring substituents is 1. The standard InChI is InChI=1S/C12H14N4O4S/c1-7-5-4-6-10(16(17)18)12(7)21(19,20)15-11-8(2)13-14-9(11)3/h4-6,15H,1-3H3,(H,13,14). The van der Waals surface area contributed by atoms with E-state index >= 15 is 0 Å². The highest BCUT2D eigenvalue weighted by molar-refractivity contribution is 7.93. The van der Waals surface area contributed by atoms with Crippen LogP contribution in [-0.4, -0.2) is 23.5 Å². The maximum Gasteiger partial charge on any atom is 0.290 e. The van der Waals surface area contributed by atoms with Crippen molar-refractivity contribution in [2.75, 3.05) is 4.72 Å². The fourth-order valence-corrected chi connectivity index (χ4v) is 3.60. The van der Waals surface area contributed by atoms with Gasteiger partial charge in [-0.15, -0.1) is 0 Å². The first-order chi connectivity index (χ1) is 9.74. The van der Waals surface area contributed by atoms with E-state index in [4.69, 9.17) is 0 Å². The van der Waals surface area contributed by atoms with Crippen LogP contribution in [0.25, 0.3) is 0 Å². The second-order valence-electron chi connectivity index (χ2n) is 4.59. The monoisotopic (exact) mass is 310 g/mol. The van der Waals surface area contributed by atoms with Crippen LogP contribution >= 0.6 is 0 Å². The first-order valence-corrected chi connectivity index (χ1v) is 7.50. The van der Waals surface area contributed by atoms with Crippen molar-refractivity contribution in [1.29, 1.82) is 0 Å². The van der Waals surface area contributed by atoms with Gasteiger partial charge in [-0.3, -0.25) is 19.9 Å². The molecule has 21 heavy (non-hydrogen) atoms. The summed E-state index contributed by atoms with van der Waals surface area (Å²) in [6.45, 7) is 4.80. The van der Waals surface area contributed by atoms with Crippen molar-refractivity contribution in [1.82, 2.24) is 10.2 Å². The van der Waals surface area contributed by atoms with Crippen LogP contribution in [0.5, 0.6) is 0 Å². The predicted octanol–water partition coefficient (Wildman–Crippen LogP) is 2.04. The van der Waals surface area contributed by atoms with Crippen LogP contribution in [0.3, 0.4) is 0 Å². The van der Waals surface area contributed by atoms with E-state index in [0.29, 0.717) is 22.6 Å². The maximum absolute atomic E-state index is 12.5. The zero-order valence-electron chi connectivity index (χ0n) is 11.7. The first-order valence-electron chi connectivity index (χ1n) is 6.02. The summed E-state index contributed by atoms with van der Waals surface area (Å²) in [7, 11) is -4.09. The Balaban J connectivity index is 2.58. The van der Waals surface area contributed by atoms with Gasteiger partial charge in [0.2, 0.25) is 0 Å². The molecule has 0 unspecified atom stereocenters. The molecule has 1 aromatic carbocycles. The highest BCUT2D eigenvalue weighted by atomic mass is 32.2. The van der Waals surface area contributed by atoms with Crippen LogP contribution in [0.15, 0.2) is 23.1 Å². The first kappa shape index (κ1) is 15.0. The maximum atomic E-state index is 12.5. The predicted molar refractivity (Wildman–Crippen MR) is 76.7 cm³/mol. The fraction of sp³-hybridized carbons (Fsp3) is 0.250. The normalized spacial score (nSPS) is 11.4. The van der Waals surface area contributed by atoms with Crippen LogP contribution in [-0.2, 0) is 10.0 Å². The van der Waals surface area contributed by atoms with Gasteiger partial charge in [0.15, 0.2) is 4.90 Å². The number of benzene rings is 1. The van der Waals surface area contributed by atoms with Crippen molar-refractivity contribution in [3.8, 4) is 0 Å². The number of hydrogen-bond acceptors (Lipinski definition) is 5. The van der Waals surface area contributed by atoms with Gasteiger partial charge >= 0.3 is 0 Å². The van der Waals surface area contributed by atoms with Gasteiger partial charge in [0, 0.05) is 6.07 Å². The van der Waals surface area contributed by atoms with E-state index in [0.717, 1.165) is 6.07 Å². The summed E-state index contributed by atoms with van der Waals surface area (Å²) in [6.07, 6.45) is 0. The molecule has 0 saturated heterocycles. The number of aromatic nitrogens is 2. The number of hydrogen-bond donors (Lipinski definition) is 2. The molecular weight excluding hydrogens is 296 g/mol. The van der Waals surface area contributed by atoms with Crippen molar-refractivity contribution in [2.24, 2.45) is 0 Å². The highest BCUT2D eigenvalue weighted by Crippen LogP contribution is 2.29. The molecule has 2 aromatic rings. The van der Waals surface area contributed by atoms with E-state index in [1.54, 1.807) is 13.8 Å². The van der Waals surface area contributed by atoms with Crippen LogP contribution < -0.4 is 4.72 Å². The van der Waals surface area contributed by atoms with Crippen molar-refractivity contribution < 1.29 is 13.3 Å². The molecule has 1 aromatic heterocycles. The SMILES string of the molecule is Cc1cccc([N+](=O)[O-])c1S(=O)(=O)Nc1c(C)n[nH]c1C. The second kappa shape index (κ2) is 5.17. The van der Waals surface area contributed by atoms with Gasteiger partial charge < -0.3 is 0 Å². The Hall–Kier alpha value is -2.42. The van der Waals surface area contributed by atoms with Crippen LogP contribution in [0, 0.1) is 30.9 Å². The number of nitrogens with one attached hydrogen (secondary N) is 2. The summed E-state index contributed by atoms with van der Waals surface area (Å²) in [5.74, 6) is 0. The van der Waals surface area contributed by atoms with Gasteiger partial charge in [-0.1, -0.05) is 12.1 Å². The molecule has 0 spiro atoms. The van der Waals surface area contributed by atoms with E-state index in [9.17, 15) is 18.5 Å². The molecule has 0 aliphatic rings. The van der Waals surface area contributed by atoms with Crippen molar-refractivity contribution in [3.05, 3.63) is 45.3 Å². The zero-order chi connectivity index (χ0) is 15.8. The lowest BCUT2D eigenvalue weighted by molar-refractivity contribution is -0.387. The zero-order valence-corrected chi connectivity index (χ0v) is 12.5. The number of H-pyrrole nitrogens is 1. The number of rotatable bonds is 4. The number of nitrogens with zero attached hydrogens (tertiary/aromatic N) is 2. The smallest absolute Gasteiger partial charge is 0.280 e. The van der Waals surface area contributed by atoms with Crippen molar-refractivity contribution in [2.45, 2.75) is 25.7 Å². The molecule has 0 aliphatic heterocycles. The van der Waals surface area contributed by atoms with Crippen LogP contribution in [0.2, 0.25) is 0 Å². The highest BCUT2D eigenvalue weighted by Gasteiger charge is 2.29. The summed E-state index contributed by atoms with van der Waals surface area (Å²) >= 11 is 0. The van der Waals surface area contributed by atoms with Crippen molar-refractivity contribution >= 4 is 21.4 Å². The van der Waals surface area contributed by atoms with Crippen molar-refractivity contribution in [3.63, 3.8) is 0 Å². The average Bonchev–Trinajstić information content (AvgIpc) is 2.69. The molecule has 2 rings (SSSR count). The summed E-state index contributed by atoms with van der Waals surface area (Å²) in [6, 6.07) is 4.12. The van der Waals surface area contributed by atoms with E-state index in [1.807, 2.05) is 0 Å². The molecule has 9 heteroatoms. The quantitative estimate of drug-likeness (QED) is 0.661. The van der Waals surface area contributed by atoms with Gasteiger partial charge in [-0.05, 0) is 26.3 Å². The minimum Gasteiger partial charge on any atom is -0.280 e. The molecule has 0 amide bonds. The van der Waals surface area contributed by atoms with E-state index in [2.05, 4.69) is 14.9 Å². The topological polar surface area (TPSA) is 118 Å². The molecule has 8 nitrogen and oxygen atoms in total. The number of aromatic amines is 1. The van der Waals surface area contributed by atoms with E-state index < -0.39 is 20.6 Å². The molecule has 0 radical (unpaired) electrons. The van der Waals surface area contributed by atoms with E-state index in [1.165, 1.54) is 19.1 Å². The Morgan fingerprint density at radius 3 is 2.48 bits per heavy atom. The summed E-state index contributed by atoms with van der Waals surface area (Å²) < 4.78 is 27.3. The lowest BCUT2D eigenvalue weighted by Crippen LogP contribution is -2.17. The number of nitro groups is 1. The van der Waals surface area contributed by atoms with E-state index in [-0.39, 0.29) is 4.90 Å². The second-order valence-corrected chi connectivity index (χ2v) is 6.21. The molecule has 1 heterocycles. The third-order valence-corrected chi connectivity index (χ3v) is 4.56. The number of aryl methyl sites for hydroxylation is 3. The lowest BCUT2D eigenvalue weighted by atomic mass is 10.2. The largest absolute Gasteiger partial charge is 0.290 e. The summed E-state index contributed by atoms with van der Waals surface area (Å²) in [4.78, 5) is 10.0. The Kier molecular flexibility index (Phi) is 3.69. The minimum atomic E-state index is -4.09. The number of anilines is 1. The summed E-state index contributed by atoms with van der Waals surface area (Å²) in [5.41, 5.74) is 1.14. The molecular formula is C12H14N4O4S. The Labute approximate surface area is 121 Å². The molecule has 2 N–H and O–H groups in total. The molecule has 0 aliphatic carbocycles. The Bertz CT molecular complexity index is 791. The molecule has 112 valence electrons. The molecule has 0 saturated carbocycles. The lowest BCUT2D eigenvalue weighted by Gasteiger charge is -2.10. The third kappa shape index (κ3) is 2.72. The fourth-order valence-electron chi connectivity index (χ4n) is 2.02. The van der Waals surface area contributed by atoms with Crippen LogP contribution in [0.1, 0.15) is 17.0 Å². The van der Waals surface area contributed by atoms with Gasteiger partial charge in [-0.25, -0.2) is 8.42 Å². The molecule has 0 bridgehead atoms. The van der Waals surface area contributed by atoms with Crippen LogP contribution in [0.4, 0.5) is 11.4 Å². The van der Waals surface area contributed by atoms with Gasteiger partial charge in [0.05, 0.1) is 22.0 Å². The minimum absolute atomic E-state index is 0.299. The number of sulfonamides is 1. The molecule has 0 atom stereocenters. The van der Waals surface area contributed by atoms with Gasteiger partial charge in [-0.2, -0.15) is 5.10 Å². The Morgan fingerprint density at radius 1 is 1.29 bits per heavy atom. The third-order valence-electron chi connectivity index (χ3n) is 3.02. The summed E-state index contributed by atoms with van der Waals surface area (Å²) in [5, 5.41) is 17.6. The average molecular weight is 310 g/mol.